The first-order valence-corrected chi connectivity index (χ1v) is 12.4. The fourth-order valence-corrected chi connectivity index (χ4v) is 4.75. The minimum atomic E-state index is -0.557. The third-order valence-electron chi connectivity index (χ3n) is 7.15. The van der Waals surface area contributed by atoms with Gasteiger partial charge in [0.15, 0.2) is 5.65 Å². The van der Waals surface area contributed by atoms with Crippen molar-refractivity contribution in [1.82, 2.24) is 29.4 Å². The molecular weight excluding hydrogens is 444 g/mol. The van der Waals surface area contributed by atoms with E-state index in [1.54, 1.807) is 18.5 Å². The van der Waals surface area contributed by atoms with E-state index in [0.717, 1.165) is 50.2 Å². The number of carbonyl (C=O) groups is 2. The van der Waals surface area contributed by atoms with Crippen molar-refractivity contribution in [1.29, 1.82) is 0 Å². The van der Waals surface area contributed by atoms with Crippen molar-refractivity contribution in [2.45, 2.75) is 63.5 Å². The Kier molecular flexibility index (Phi) is 6.61. The third kappa shape index (κ3) is 5.26. The fourth-order valence-electron chi connectivity index (χ4n) is 4.75. The number of anilines is 1. The van der Waals surface area contributed by atoms with Crippen LogP contribution in [0.4, 0.5) is 5.95 Å². The molecule has 0 spiro atoms. The highest BCUT2D eigenvalue weighted by Gasteiger charge is 2.27. The maximum Gasteiger partial charge on any atom is 0.267 e. The van der Waals surface area contributed by atoms with Crippen LogP contribution in [0, 0.1) is 0 Å². The highest BCUT2D eigenvalue weighted by atomic mass is 16.2. The summed E-state index contributed by atoms with van der Waals surface area (Å²) < 4.78 is 1.91. The minimum absolute atomic E-state index is 0.179. The molecule has 3 aromatic heterocycles. The molecule has 2 aliphatic rings. The molecule has 0 atom stereocenters. The van der Waals surface area contributed by atoms with Crippen molar-refractivity contribution in [3.63, 3.8) is 0 Å². The Morgan fingerprint density at radius 2 is 1.80 bits per heavy atom. The third-order valence-corrected chi connectivity index (χ3v) is 7.15. The summed E-state index contributed by atoms with van der Waals surface area (Å²) in [7, 11) is 1.92. The van der Waals surface area contributed by atoms with Crippen LogP contribution in [0.2, 0.25) is 0 Å². The number of imidazole rings is 1. The molecule has 3 aromatic rings. The number of nitrogens with two attached hydrogens (primary N) is 1. The summed E-state index contributed by atoms with van der Waals surface area (Å²) in [5.74, 6) is 1.09. The first-order valence-electron chi connectivity index (χ1n) is 12.4. The van der Waals surface area contributed by atoms with E-state index in [2.05, 4.69) is 24.8 Å². The van der Waals surface area contributed by atoms with E-state index >= 15 is 0 Å². The molecule has 2 N–H and O–H groups in total. The van der Waals surface area contributed by atoms with Crippen molar-refractivity contribution < 1.29 is 9.59 Å². The zero-order chi connectivity index (χ0) is 24.4. The number of aryl methyl sites for hydroxylation is 1. The number of primary amides is 1. The highest BCUT2D eigenvalue weighted by molar-refractivity contribution is 5.92. The van der Waals surface area contributed by atoms with E-state index in [1.807, 2.05) is 28.9 Å². The van der Waals surface area contributed by atoms with Gasteiger partial charge in [0.25, 0.3) is 5.91 Å². The normalized spacial score (nSPS) is 16.5. The predicted molar refractivity (Wildman–Crippen MR) is 132 cm³/mol. The largest absolute Gasteiger partial charge is 0.364 e. The van der Waals surface area contributed by atoms with Crippen LogP contribution >= 0.6 is 0 Å². The van der Waals surface area contributed by atoms with Crippen LogP contribution in [0.1, 0.15) is 66.9 Å². The maximum atomic E-state index is 12.8. The molecule has 5 rings (SSSR count). The fraction of sp³-hybridized carbons (Fsp3) is 0.520. The second-order valence-electron chi connectivity index (χ2n) is 9.61. The molecule has 0 unspecified atom stereocenters. The summed E-state index contributed by atoms with van der Waals surface area (Å²) in [6.07, 6.45) is 12.1. The van der Waals surface area contributed by atoms with Crippen molar-refractivity contribution >= 4 is 28.9 Å². The van der Waals surface area contributed by atoms with Crippen molar-refractivity contribution in [3.8, 4) is 0 Å². The molecule has 10 nitrogen and oxygen atoms in total. The molecule has 1 saturated heterocycles. The lowest BCUT2D eigenvalue weighted by Crippen LogP contribution is -2.46. The molecule has 2 fully saturated rings. The average Bonchev–Trinajstić information content (AvgIpc) is 3.66. The van der Waals surface area contributed by atoms with Gasteiger partial charge in [0.05, 0.1) is 6.33 Å². The SMILES string of the molecule is CN(C(=O)CCCCn1cnc2ccc(C(N)=O)nc21)C1CCN(c2ncc(C3CC3)cn2)CC1. The number of aromatic nitrogens is 5. The Bertz CT molecular complexity index is 1200. The molecule has 4 heterocycles. The molecule has 184 valence electrons. The monoisotopic (exact) mass is 476 g/mol. The van der Waals surface area contributed by atoms with Gasteiger partial charge in [0.2, 0.25) is 11.9 Å². The van der Waals surface area contributed by atoms with E-state index in [1.165, 1.54) is 18.4 Å². The van der Waals surface area contributed by atoms with Gasteiger partial charge in [-0.2, -0.15) is 0 Å². The summed E-state index contributed by atoms with van der Waals surface area (Å²) in [6, 6.07) is 3.58. The molecule has 10 heteroatoms. The second kappa shape index (κ2) is 9.97. The number of rotatable bonds is 9. The van der Waals surface area contributed by atoms with E-state index < -0.39 is 5.91 Å². The molecule has 0 radical (unpaired) electrons. The van der Waals surface area contributed by atoms with Crippen LogP contribution in [-0.2, 0) is 11.3 Å². The Hall–Kier alpha value is -3.56. The standard InChI is InChI=1S/C25H32N8O2/c1-31(19-9-12-32(13-10-19)25-27-14-18(15-28-25)17-5-6-17)22(34)4-2-3-11-33-16-29-21-8-7-20(23(26)35)30-24(21)33/h7-8,14-17,19H,2-6,9-13H2,1H3,(H2,26,35). The Morgan fingerprint density at radius 1 is 1.06 bits per heavy atom. The molecule has 35 heavy (non-hydrogen) atoms. The number of hydrogen-bond donors (Lipinski definition) is 1. The topological polar surface area (TPSA) is 123 Å². The Balaban J connectivity index is 1.06. The number of nitrogens with zero attached hydrogens (tertiary/aromatic N) is 7. The van der Waals surface area contributed by atoms with E-state index in [0.29, 0.717) is 24.5 Å². The Morgan fingerprint density at radius 3 is 2.49 bits per heavy atom. The summed E-state index contributed by atoms with van der Waals surface area (Å²) in [6.45, 7) is 2.40. The van der Waals surface area contributed by atoms with Crippen LogP contribution in [-0.4, -0.2) is 67.4 Å². The predicted octanol–water partition coefficient (Wildman–Crippen LogP) is 2.50. The maximum absolute atomic E-state index is 12.8. The molecular formula is C25H32N8O2. The number of unbranched alkanes of at least 4 members (excludes halogenated alkanes) is 1. The number of amides is 2. The van der Waals surface area contributed by atoms with Gasteiger partial charge in [-0.3, -0.25) is 9.59 Å². The number of pyridine rings is 1. The quantitative estimate of drug-likeness (QED) is 0.471. The van der Waals surface area contributed by atoms with Crippen molar-refractivity contribution in [2.75, 3.05) is 25.0 Å². The lowest BCUT2D eigenvalue weighted by atomic mass is 10.0. The molecule has 2 amide bonds. The summed E-state index contributed by atoms with van der Waals surface area (Å²) >= 11 is 0. The van der Waals surface area contributed by atoms with E-state index in [9.17, 15) is 9.59 Å². The van der Waals surface area contributed by atoms with Crippen LogP contribution in [0.15, 0.2) is 30.9 Å². The molecule has 1 saturated carbocycles. The van der Waals surface area contributed by atoms with Crippen LogP contribution in [0.25, 0.3) is 11.2 Å². The second-order valence-corrected chi connectivity index (χ2v) is 9.61. The van der Waals surface area contributed by atoms with Gasteiger partial charge in [0.1, 0.15) is 11.2 Å². The van der Waals surface area contributed by atoms with Gasteiger partial charge < -0.3 is 20.1 Å². The van der Waals surface area contributed by atoms with Crippen molar-refractivity contribution in [2.24, 2.45) is 5.73 Å². The summed E-state index contributed by atoms with van der Waals surface area (Å²) in [5.41, 5.74) is 8.18. The zero-order valence-corrected chi connectivity index (χ0v) is 20.1. The smallest absolute Gasteiger partial charge is 0.267 e. The molecule has 1 aliphatic carbocycles. The summed E-state index contributed by atoms with van der Waals surface area (Å²) in [4.78, 5) is 46.1. The summed E-state index contributed by atoms with van der Waals surface area (Å²) in [5, 5.41) is 0. The molecule has 0 aromatic carbocycles. The Labute approximate surface area is 204 Å². The van der Waals surface area contributed by atoms with Gasteiger partial charge in [-0.15, -0.1) is 0 Å². The number of piperidine rings is 1. The minimum Gasteiger partial charge on any atom is -0.364 e. The number of carbonyl (C=O) groups excluding carboxylic acids is 2. The highest BCUT2D eigenvalue weighted by Crippen LogP contribution is 2.39. The lowest BCUT2D eigenvalue weighted by molar-refractivity contribution is -0.132. The first-order chi connectivity index (χ1) is 17.0. The number of fused-ring (bicyclic) bond motifs is 1. The van der Waals surface area contributed by atoms with Crippen LogP contribution < -0.4 is 10.6 Å². The van der Waals surface area contributed by atoms with Gasteiger partial charge >= 0.3 is 0 Å². The molecule has 1 aliphatic heterocycles. The average molecular weight is 477 g/mol. The van der Waals surface area contributed by atoms with Gasteiger partial charge in [-0.25, -0.2) is 19.9 Å². The zero-order valence-electron chi connectivity index (χ0n) is 20.1. The van der Waals surface area contributed by atoms with E-state index in [-0.39, 0.29) is 17.6 Å². The van der Waals surface area contributed by atoms with Crippen molar-refractivity contribution in [3.05, 3.63) is 42.1 Å². The van der Waals surface area contributed by atoms with Crippen LogP contribution in [0.5, 0.6) is 0 Å². The van der Waals surface area contributed by atoms with Crippen LogP contribution in [0.3, 0.4) is 0 Å². The van der Waals surface area contributed by atoms with Gasteiger partial charge in [-0.05, 0) is 62.1 Å². The first kappa shape index (κ1) is 23.2. The van der Waals surface area contributed by atoms with Gasteiger partial charge in [-0.1, -0.05) is 0 Å². The number of hydrogen-bond acceptors (Lipinski definition) is 7. The lowest BCUT2D eigenvalue weighted by Gasteiger charge is -2.36. The molecule has 0 bridgehead atoms. The van der Waals surface area contributed by atoms with E-state index in [4.69, 9.17) is 5.73 Å². The van der Waals surface area contributed by atoms with Gasteiger partial charge in [0, 0.05) is 51.5 Å².